The van der Waals surface area contributed by atoms with Crippen LogP contribution >= 0.6 is 0 Å². The Morgan fingerprint density at radius 3 is 2.53 bits per heavy atom. The monoisotopic (exact) mass is 248 g/mol. The van der Waals surface area contributed by atoms with Crippen LogP contribution in [0.3, 0.4) is 0 Å². The first-order valence-corrected chi connectivity index (χ1v) is 6.08. The minimum Gasteiger partial charge on any atom is -0.390 e. The van der Waals surface area contributed by atoms with Crippen molar-refractivity contribution in [2.75, 3.05) is 59.7 Å². The van der Waals surface area contributed by atoms with Gasteiger partial charge >= 0.3 is 0 Å². The summed E-state index contributed by atoms with van der Waals surface area (Å²) in [5, 5.41) is 22.2. The van der Waals surface area contributed by atoms with Crippen molar-refractivity contribution in [2.45, 2.75) is 12.2 Å². The van der Waals surface area contributed by atoms with E-state index >= 15 is 0 Å². The summed E-state index contributed by atoms with van der Waals surface area (Å²) in [6.07, 6.45) is -0.932. The molecule has 1 fully saturated rings. The number of aliphatic hydroxyl groups is 2. The van der Waals surface area contributed by atoms with Gasteiger partial charge in [-0.05, 0) is 0 Å². The number of β-amino-alcohol motifs (C(OH)–C–C–N with tert-alkyl or cyclic N) is 1. The number of ether oxygens (including phenoxy) is 2. The fourth-order valence-electron chi connectivity index (χ4n) is 1.81. The van der Waals surface area contributed by atoms with Crippen LogP contribution in [0.4, 0.5) is 0 Å². The van der Waals surface area contributed by atoms with Crippen LogP contribution in [0.25, 0.3) is 0 Å². The summed E-state index contributed by atoms with van der Waals surface area (Å²) in [6.45, 7) is 5.13. The number of hydrogen-bond acceptors (Lipinski definition) is 6. The van der Waals surface area contributed by atoms with Crippen LogP contribution in [0.15, 0.2) is 0 Å². The molecule has 1 aliphatic heterocycles. The molecule has 6 heteroatoms. The predicted molar refractivity (Wildman–Crippen MR) is 64.0 cm³/mol. The molecule has 3 N–H and O–H groups in total. The maximum absolute atomic E-state index is 9.79. The second-order valence-electron chi connectivity index (χ2n) is 4.33. The lowest BCUT2D eigenvalue weighted by Gasteiger charge is -2.28. The van der Waals surface area contributed by atoms with Gasteiger partial charge in [-0.3, -0.25) is 4.90 Å². The van der Waals surface area contributed by atoms with Gasteiger partial charge in [0.05, 0.1) is 32.0 Å². The molecule has 6 nitrogen and oxygen atoms in total. The van der Waals surface area contributed by atoms with Crippen molar-refractivity contribution in [3.63, 3.8) is 0 Å². The average molecular weight is 248 g/mol. The first kappa shape index (κ1) is 14.8. The normalized spacial score (nSPS) is 21.4. The van der Waals surface area contributed by atoms with Crippen LogP contribution in [0.5, 0.6) is 0 Å². The summed E-state index contributed by atoms with van der Waals surface area (Å²) in [5.74, 6) is 0. The lowest BCUT2D eigenvalue weighted by molar-refractivity contribution is 0.0136. The molecule has 17 heavy (non-hydrogen) atoms. The Bertz CT molecular complexity index is 188. The topological polar surface area (TPSA) is 74.2 Å². The third kappa shape index (κ3) is 6.92. The molecule has 0 aromatic rings. The number of nitrogens with zero attached hydrogens (tertiary/aromatic N) is 1. The van der Waals surface area contributed by atoms with Crippen molar-refractivity contribution in [1.29, 1.82) is 0 Å². The highest BCUT2D eigenvalue weighted by Gasteiger charge is 2.14. The molecule has 0 aliphatic carbocycles. The fraction of sp³-hybridized carbons (Fsp3) is 1.00. The number of nitrogens with one attached hydrogen (secondary N) is 1. The van der Waals surface area contributed by atoms with Crippen LogP contribution < -0.4 is 5.32 Å². The average Bonchev–Trinajstić information content (AvgIpc) is 2.30. The number of aliphatic hydroxyl groups excluding tert-OH is 2. The molecule has 0 bridgehead atoms. The molecule has 102 valence electrons. The molecule has 2 atom stereocenters. The first-order chi connectivity index (χ1) is 8.22. The maximum Gasteiger partial charge on any atom is 0.0897 e. The van der Waals surface area contributed by atoms with Crippen LogP contribution in [0, 0.1) is 0 Å². The quantitative estimate of drug-likeness (QED) is 0.474. The molecule has 1 heterocycles. The Kier molecular flexibility index (Phi) is 7.67. The van der Waals surface area contributed by atoms with E-state index in [4.69, 9.17) is 9.47 Å². The van der Waals surface area contributed by atoms with Crippen LogP contribution in [-0.2, 0) is 9.47 Å². The van der Waals surface area contributed by atoms with E-state index in [0.717, 1.165) is 26.3 Å². The summed E-state index contributed by atoms with van der Waals surface area (Å²) < 4.78 is 10.0. The van der Waals surface area contributed by atoms with Crippen molar-refractivity contribution in [2.24, 2.45) is 0 Å². The van der Waals surface area contributed by atoms with E-state index < -0.39 is 12.2 Å². The van der Waals surface area contributed by atoms with Crippen LogP contribution in [0.2, 0.25) is 0 Å². The van der Waals surface area contributed by atoms with Gasteiger partial charge in [-0.2, -0.15) is 0 Å². The van der Waals surface area contributed by atoms with Gasteiger partial charge in [-0.1, -0.05) is 0 Å². The molecule has 1 rings (SSSR count). The molecule has 1 saturated heterocycles. The van der Waals surface area contributed by atoms with Crippen LogP contribution in [0.1, 0.15) is 0 Å². The van der Waals surface area contributed by atoms with E-state index in [-0.39, 0.29) is 0 Å². The van der Waals surface area contributed by atoms with E-state index in [0.29, 0.717) is 26.2 Å². The fourth-order valence-corrected chi connectivity index (χ4v) is 1.81. The van der Waals surface area contributed by atoms with Gasteiger partial charge in [0.2, 0.25) is 0 Å². The van der Waals surface area contributed by atoms with E-state index in [1.165, 1.54) is 0 Å². The molecule has 0 aromatic heterocycles. The van der Waals surface area contributed by atoms with E-state index in [1.807, 2.05) is 0 Å². The third-order valence-electron chi connectivity index (χ3n) is 2.69. The van der Waals surface area contributed by atoms with E-state index in [1.54, 1.807) is 7.11 Å². The molecule has 0 radical (unpaired) electrons. The summed E-state index contributed by atoms with van der Waals surface area (Å²) in [6, 6.07) is 0. The van der Waals surface area contributed by atoms with Gasteiger partial charge in [-0.25, -0.2) is 0 Å². The zero-order valence-corrected chi connectivity index (χ0v) is 10.5. The minimum atomic E-state index is -0.518. The first-order valence-electron chi connectivity index (χ1n) is 6.08. The minimum absolute atomic E-state index is 0.312. The van der Waals surface area contributed by atoms with Gasteiger partial charge in [0.25, 0.3) is 0 Å². The van der Waals surface area contributed by atoms with Crippen molar-refractivity contribution in [3.05, 3.63) is 0 Å². The van der Waals surface area contributed by atoms with E-state index in [2.05, 4.69) is 10.2 Å². The van der Waals surface area contributed by atoms with Crippen molar-refractivity contribution in [1.82, 2.24) is 10.2 Å². The van der Waals surface area contributed by atoms with Gasteiger partial charge in [0.1, 0.15) is 0 Å². The Hall–Kier alpha value is -0.240. The Labute approximate surface area is 103 Å². The molecule has 0 saturated carbocycles. The van der Waals surface area contributed by atoms with Crippen molar-refractivity contribution < 1.29 is 19.7 Å². The van der Waals surface area contributed by atoms with Gasteiger partial charge in [-0.15, -0.1) is 0 Å². The largest absolute Gasteiger partial charge is 0.390 e. The zero-order valence-electron chi connectivity index (χ0n) is 10.5. The molecule has 0 aromatic carbocycles. The van der Waals surface area contributed by atoms with Crippen molar-refractivity contribution in [3.8, 4) is 0 Å². The SMILES string of the molecule is COCC(O)CNCC(O)CN1CCOCC1. The number of hydrogen-bond donors (Lipinski definition) is 3. The maximum atomic E-state index is 9.79. The highest BCUT2D eigenvalue weighted by Crippen LogP contribution is 1.98. The summed E-state index contributed by atoms with van der Waals surface area (Å²) >= 11 is 0. The Balaban J connectivity index is 2.02. The predicted octanol–water partition coefficient (Wildman–Crippen LogP) is -1.72. The van der Waals surface area contributed by atoms with Gasteiger partial charge in [0, 0.05) is 39.8 Å². The van der Waals surface area contributed by atoms with Gasteiger partial charge < -0.3 is 25.0 Å². The molecule has 2 unspecified atom stereocenters. The second kappa shape index (κ2) is 8.79. The van der Waals surface area contributed by atoms with Gasteiger partial charge in [0.15, 0.2) is 0 Å². The number of rotatable bonds is 8. The lowest BCUT2D eigenvalue weighted by atomic mass is 10.3. The summed E-state index contributed by atoms with van der Waals surface area (Å²) in [5.41, 5.74) is 0. The Morgan fingerprint density at radius 2 is 1.88 bits per heavy atom. The molecular formula is C11H24N2O4. The molecule has 1 aliphatic rings. The van der Waals surface area contributed by atoms with E-state index in [9.17, 15) is 10.2 Å². The third-order valence-corrected chi connectivity index (χ3v) is 2.69. The highest BCUT2D eigenvalue weighted by atomic mass is 16.5. The van der Waals surface area contributed by atoms with Crippen LogP contribution in [-0.4, -0.2) is 87.0 Å². The molecular weight excluding hydrogens is 224 g/mol. The highest BCUT2D eigenvalue weighted by molar-refractivity contribution is 4.70. The molecule has 0 spiro atoms. The second-order valence-corrected chi connectivity index (χ2v) is 4.33. The smallest absolute Gasteiger partial charge is 0.0897 e. The number of morpholine rings is 1. The zero-order chi connectivity index (χ0) is 12.5. The molecule has 0 amide bonds. The summed E-state index contributed by atoms with van der Waals surface area (Å²) in [7, 11) is 1.55. The van der Waals surface area contributed by atoms with Crippen molar-refractivity contribution >= 4 is 0 Å². The lowest BCUT2D eigenvalue weighted by Crippen LogP contribution is -2.44. The summed E-state index contributed by atoms with van der Waals surface area (Å²) in [4.78, 5) is 2.18. The standard InChI is InChI=1S/C11H24N2O4/c1-16-9-11(15)7-12-6-10(14)8-13-2-4-17-5-3-13/h10-12,14-15H,2-9H2,1H3. The Morgan fingerprint density at radius 1 is 1.24 bits per heavy atom. The number of methoxy groups -OCH3 is 1.